The summed E-state index contributed by atoms with van der Waals surface area (Å²) in [5.41, 5.74) is 4.61. The van der Waals surface area contributed by atoms with Gasteiger partial charge in [0.05, 0.1) is 0 Å². The minimum Gasteiger partial charge on any atom is -0.396 e. The molecule has 0 unspecified atom stereocenters. The molecule has 0 spiro atoms. The number of aliphatic hydroxyl groups is 1. The Balaban J connectivity index is 1.47. The van der Waals surface area contributed by atoms with Gasteiger partial charge in [-0.05, 0) is 65.9 Å². The van der Waals surface area contributed by atoms with Gasteiger partial charge in [0, 0.05) is 44.0 Å². The Bertz CT molecular complexity index is 1260. The summed E-state index contributed by atoms with van der Waals surface area (Å²) in [6.07, 6.45) is 1.32. The molecule has 184 valence electrons. The summed E-state index contributed by atoms with van der Waals surface area (Å²) in [6.45, 7) is 2.45. The summed E-state index contributed by atoms with van der Waals surface area (Å²) < 4.78 is 27.3. The van der Waals surface area contributed by atoms with Gasteiger partial charge >= 0.3 is 10.3 Å². The molecule has 0 fully saturated rings. The fourth-order valence-corrected chi connectivity index (χ4v) is 4.63. The number of aliphatic hydroxyl groups excluding tert-OH is 1. The van der Waals surface area contributed by atoms with Crippen LogP contribution in [0.5, 0.6) is 5.75 Å². The molecule has 0 aliphatic carbocycles. The van der Waals surface area contributed by atoms with E-state index in [-0.39, 0.29) is 18.3 Å². The molecule has 0 bridgehead atoms. The van der Waals surface area contributed by atoms with Crippen molar-refractivity contribution in [3.8, 4) is 5.75 Å². The van der Waals surface area contributed by atoms with Gasteiger partial charge in [0.1, 0.15) is 5.75 Å². The Morgan fingerprint density at radius 3 is 2.46 bits per heavy atom. The maximum absolute atomic E-state index is 13.2. The van der Waals surface area contributed by atoms with Crippen molar-refractivity contribution in [3.05, 3.63) is 95.1 Å². The summed E-state index contributed by atoms with van der Waals surface area (Å²) in [4.78, 5) is 17.1. The predicted molar refractivity (Wildman–Crippen MR) is 134 cm³/mol. The van der Waals surface area contributed by atoms with Crippen LogP contribution in [-0.2, 0) is 29.8 Å². The zero-order valence-electron chi connectivity index (χ0n) is 19.3. The van der Waals surface area contributed by atoms with Gasteiger partial charge in [0.2, 0.25) is 0 Å². The van der Waals surface area contributed by atoms with Gasteiger partial charge in [-0.15, -0.1) is 0 Å². The average Bonchev–Trinajstić information content (AvgIpc) is 2.85. The van der Waals surface area contributed by atoms with Gasteiger partial charge in [-0.3, -0.25) is 4.79 Å². The predicted octanol–water partition coefficient (Wildman–Crippen LogP) is 2.86. The maximum atomic E-state index is 13.2. The molecule has 0 saturated heterocycles. The molecular formula is C26H29N3O5S. The number of fused-ring (bicyclic) bond motifs is 1. The summed E-state index contributed by atoms with van der Waals surface area (Å²) in [6, 6.07) is 22.6. The van der Waals surface area contributed by atoms with Crippen molar-refractivity contribution in [2.45, 2.75) is 25.9 Å². The Morgan fingerprint density at radius 1 is 1.03 bits per heavy atom. The number of nitrogens with zero attached hydrogens (tertiary/aromatic N) is 2. The summed E-state index contributed by atoms with van der Waals surface area (Å²) in [5.74, 6) is 0.0382. The highest BCUT2D eigenvalue weighted by molar-refractivity contribution is 7.84. The number of nitrogens with two attached hydrogens (primary N) is 1. The van der Waals surface area contributed by atoms with E-state index in [4.69, 9.17) is 9.32 Å². The second kappa shape index (κ2) is 10.9. The maximum Gasteiger partial charge on any atom is 0.380 e. The molecule has 35 heavy (non-hydrogen) atoms. The van der Waals surface area contributed by atoms with E-state index in [1.807, 2.05) is 42.5 Å². The number of rotatable bonds is 9. The van der Waals surface area contributed by atoms with Gasteiger partial charge in [-0.1, -0.05) is 36.4 Å². The Labute approximate surface area is 205 Å². The van der Waals surface area contributed by atoms with Crippen molar-refractivity contribution in [1.29, 1.82) is 0 Å². The molecule has 0 saturated carbocycles. The van der Waals surface area contributed by atoms with E-state index < -0.39 is 10.3 Å². The number of anilines is 1. The fraction of sp³-hybridized carbons (Fsp3) is 0.269. The minimum absolute atomic E-state index is 0.0927. The Hall–Kier alpha value is -3.40. The smallest absolute Gasteiger partial charge is 0.380 e. The Kier molecular flexibility index (Phi) is 7.70. The van der Waals surface area contributed by atoms with E-state index in [1.54, 1.807) is 23.1 Å². The highest BCUT2D eigenvalue weighted by Gasteiger charge is 2.23. The first-order valence-electron chi connectivity index (χ1n) is 11.5. The molecule has 3 N–H and O–H groups in total. The zero-order chi connectivity index (χ0) is 24.8. The first-order chi connectivity index (χ1) is 16.8. The molecule has 3 aromatic carbocycles. The molecule has 0 aromatic heterocycles. The van der Waals surface area contributed by atoms with Crippen LogP contribution in [0.1, 0.15) is 33.5 Å². The van der Waals surface area contributed by atoms with Crippen LogP contribution in [0.4, 0.5) is 5.69 Å². The topological polar surface area (TPSA) is 113 Å². The molecular weight excluding hydrogens is 466 g/mol. The summed E-state index contributed by atoms with van der Waals surface area (Å²) in [5, 5.41) is 14.3. The van der Waals surface area contributed by atoms with Crippen molar-refractivity contribution >= 4 is 21.9 Å². The number of carbonyl (C=O) groups is 1. The lowest BCUT2D eigenvalue weighted by atomic mass is 9.99. The molecule has 1 amide bonds. The first-order valence-corrected chi connectivity index (χ1v) is 12.9. The fourth-order valence-electron chi connectivity index (χ4n) is 4.25. The van der Waals surface area contributed by atoms with Gasteiger partial charge in [-0.2, -0.15) is 13.6 Å². The minimum atomic E-state index is -4.11. The van der Waals surface area contributed by atoms with E-state index in [0.717, 1.165) is 16.8 Å². The molecule has 3 aromatic rings. The number of hydrogen-bond donors (Lipinski definition) is 2. The van der Waals surface area contributed by atoms with Crippen LogP contribution in [0.2, 0.25) is 0 Å². The van der Waals surface area contributed by atoms with Crippen molar-refractivity contribution < 1.29 is 22.5 Å². The van der Waals surface area contributed by atoms with Crippen LogP contribution in [0.3, 0.4) is 0 Å². The standard InChI is InChI=1S/C26H29N3O5S/c27-35(32,33)34-25-12-9-21-13-15-29(19-23(21)17-25)26(31)22-7-10-24(11-8-22)28(14-4-16-30)18-20-5-2-1-3-6-20/h1-3,5-12,17,30H,4,13-16,18-19H2,(H2,27,32,33). The first kappa shape index (κ1) is 24.7. The van der Waals surface area contributed by atoms with E-state index in [2.05, 4.69) is 17.0 Å². The van der Waals surface area contributed by atoms with Gasteiger partial charge in [-0.25, -0.2) is 0 Å². The molecule has 0 atom stereocenters. The number of benzene rings is 3. The number of carbonyl (C=O) groups excluding carboxylic acids is 1. The van der Waals surface area contributed by atoms with Crippen molar-refractivity contribution in [1.82, 2.24) is 4.90 Å². The van der Waals surface area contributed by atoms with E-state index in [9.17, 15) is 18.3 Å². The zero-order valence-corrected chi connectivity index (χ0v) is 20.2. The van der Waals surface area contributed by atoms with Crippen LogP contribution < -0.4 is 14.2 Å². The third kappa shape index (κ3) is 6.60. The Morgan fingerprint density at radius 2 is 1.77 bits per heavy atom. The van der Waals surface area contributed by atoms with Crippen LogP contribution in [-0.4, -0.2) is 44.0 Å². The molecule has 4 rings (SSSR count). The van der Waals surface area contributed by atoms with Crippen LogP contribution in [0.15, 0.2) is 72.8 Å². The quantitative estimate of drug-likeness (QED) is 0.472. The van der Waals surface area contributed by atoms with Gasteiger partial charge < -0.3 is 19.1 Å². The normalized spacial score (nSPS) is 13.3. The third-order valence-corrected chi connectivity index (χ3v) is 6.40. The molecule has 0 radical (unpaired) electrons. The second-order valence-corrected chi connectivity index (χ2v) is 9.67. The summed E-state index contributed by atoms with van der Waals surface area (Å²) >= 11 is 0. The lowest BCUT2D eigenvalue weighted by Gasteiger charge is -2.29. The van der Waals surface area contributed by atoms with E-state index >= 15 is 0 Å². The SMILES string of the molecule is NS(=O)(=O)Oc1ccc2c(c1)CN(C(=O)c1ccc(N(CCCO)Cc3ccccc3)cc1)CC2. The number of hydrogen-bond acceptors (Lipinski definition) is 6. The monoisotopic (exact) mass is 495 g/mol. The van der Waals surface area contributed by atoms with Crippen LogP contribution >= 0.6 is 0 Å². The average molecular weight is 496 g/mol. The van der Waals surface area contributed by atoms with Crippen molar-refractivity contribution in [2.24, 2.45) is 5.14 Å². The molecule has 1 heterocycles. The summed E-state index contributed by atoms with van der Waals surface area (Å²) in [7, 11) is -4.11. The van der Waals surface area contributed by atoms with Gasteiger partial charge in [0.25, 0.3) is 5.91 Å². The molecule has 1 aliphatic heterocycles. The lowest BCUT2D eigenvalue weighted by molar-refractivity contribution is 0.0734. The molecule has 8 nitrogen and oxygen atoms in total. The lowest BCUT2D eigenvalue weighted by Crippen LogP contribution is -2.36. The van der Waals surface area contributed by atoms with Crippen molar-refractivity contribution in [3.63, 3.8) is 0 Å². The highest BCUT2D eigenvalue weighted by Crippen LogP contribution is 2.26. The third-order valence-electron chi connectivity index (χ3n) is 5.97. The largest absolute Gasteiger partial charge is 0.396 e. The highest BCUT2D eigenvalue weighted by atomic mass is 32.2. The van der Waals surface area contributed by atoms with E-state index in [1.165, 1.54) is 5.56 Å². The van der Waals surface area contributed by atoms with Crippen molar-refractivity contribution in [2.75, 3.05) is 24.6 Å². The number of amides is 1. The molecule has 1 aliphatic rings. The van der Waals surface area contributed by atoms with Gasteiger partial charge in [0.15, 0.2) is 0 Å². The van der Waals surface area contributed by atoms with Crippen LogP contribution in [0.25, 0.3) is 0 Å². The molecule has 9 heteroatoms. The van der Waals surface area contributed by atoms with Crippen LogP contribution in [0, 0.1) is 0 Å². The second-order valence-electron chi connectivity index (χ2n) is 8.51. The van der Waals surface area contributed by atoms with E-state index in [0.29, 0.717) is 44.6 Å².